The van der Waals surface area contributed by atoms with Crippen LogP contribution in [0.4, 0.5) is 0 Å². The second-order valence-electron chi connectivity index (χ2n) is 5.09. The van der Waals surface area contributed by atoms with E-state index in [9.17, 15) is 4.79 Å². The third kappa shape index (κ3) is 2.71. The van der Waals surface area contributed by atoms with Crippen LogP contribution in [0.15, 0.2) is 66.7 Å². The van der Waals surface area contributed by atoms with Crippen LogP contribution in [-0.4, -0.2) is 12.3 Å². The molecule has 0 atom stereocenters. The molecule has 2 nitrogen and oxygen atoms in total. The summed E-state index contributed by atoms with van der Waals surface area (Å²) in [4.78, 5) is 12.7. The van der Waals surface area contributed by atoms with Crippen molar-refractivity contribution in [2.45, 2.75) is 6.42 Å². The molecule has 0 aromatic heterocycles. The Balaban J connectivity index is 2.00. The molecule has 2 N–H and O–H groups in total. The standard InChI is InChI=1S/C19H17NO/c20-13-12-14-8-10-16(11-9-14)19(21)18-7-3-5-15-4-1-2-6-17(15)18/h1-11H,12-13,20H2. The van der Waals surface area contributed by atoms with E-state index in [1.165, 1.54) is 0 Å². The average molecular weight is 275 g/mol. The second kappa shape index (κ2) is 5.90. The zero-order valence-corrected chi connectivity index (χ0v) is 11.8. The summed E-state index contributed by atoms with van der Waals surface area (Å²) in [6.45, 7) is 0.622. The summed E-state index contributed by atoms with van der Waals surface area (Å²) < 4.78 is 0. The van der Waals surface area contributed by atoms with Crippen molar-refractivity contribution in [2.24, 2.45) is 5.73 Å². The van der Waals surface area contributed by atoms with Gasteiger partial charge in [0.1, 0.15) is 0 Å². The Bertz CT molecular complexity index is 770. The van der Waals surface area contributed by atoms with Gasteiger partial charge >= 0.3 is 0 Å². The quantitative estimate of drug-likeness (QED) is 0.740. The number of rotatable bonds is 4. The highest BCUT2D eigenvalue weighted by molar-refractivity contribution is 6.16. The largest absolute Gasteiger partial charge is 0.330 e. The molecule has 21 heavy (non-hydrogen) atoms. The number of ketones is 1. The van der Waals surface area contributed by atoms with Crippen LogP contribution in [-0.2, 0) is 6.42 Å². The molecule has 0 radical (unpaired) electrons. The summed E-state index contributed by atoms with van der Waals surface area (Å²) in [6, 6.07) is 21.5. The van der Waals surface area contributed by atoms with Crippen LogP contribution in [0.2, 0.25) is 0 Å². The normalized spacial score (nSPS) is 10.7. The fraction of sp³-hybridized carbons (Fsp3) is 0.105. The molecule has 3 rings (SSSR count). The second-order valence-corrected chi connectivity index (χ2v) is 5.09. The highest BCUT2D eigenvalue weighted by atomic mass is 16.1. The maximum Gasteiger partial charge on any atom is 0.193 e. The minimum Gasteiger partial charge on any atom is -0.330 e. The monoisotopic (exact) mass is 275 g/mol. The van der Waals surface area contributed by atoms with Crippen LogP contribution >= 0.6 is 0 Å². The highest BCUT2D eigenvalue weighted by Gasteiger charge is 2.11. The van der Waals surface area contributed by atoms with E-state index in [-0.39, 0.29) is 5.78 Å². The van der Waals surface area contributed by atoms with Crippen LogP contribution in [0.1, 0.15) is 21.5 Å². The van der Waals surface area contributed by atoms with Gasteiger partial charge in [-0.2, -0.15) is 0 Å². The van der Waals surface area contributed by atoms with Gasteiger partial charge in [-0.05, 0) is 29.3 Å². The lowest BCUT2D eigenvalue weighted by molar-refractivity contribution is 0.104. The van der Waals surface area contributed by atoms with Gasteiger partial charge in [0.15, 0.2) is 5.78 Å². The molecule has 0 fully saturated rings. The average Bonchev–Trinajstić information content (AvgIpc) is 2.55. The molecular weight excluding hydrogens is 258 g/mol. The number of fused-ring (bicyclic) bond motifs is 1. The molecule has 3 aromatic rings. The molecule has 2 heteroatoms. The van der Waals surface area contributed by atoms with E-state index >= 15 is 0 Å². The Labute approximate surface area is 124 Å². The molecular formula is C19H17NO. The van der Waals surface area contributed by atoms with Crippen molar-refractivity contribution in [3.8, 4) is 0 Å². The van der Waals surface area contributed by atoms with Crippen LogP contribution in [0.25, 0.3) is 10.8 Å². The van der Waals surface area contributed by atoms with Gasteiger partial charge in [-0.15, -0.1) is 0 Å². The maximum absolute atomic E-state index is 12.7. The van der Waals surface area contributed by atoms with E-state index in [0.29, 0.717) is 12.1 Å². The van der Waals surface area contributed by atoms with Gasteiger partial charge in [0.2, 0.25) is 0 Å². The van der Waals surface area contributed by atoms with Gasteiger partial charge in [-0.25, -0.2) is 0 Å². The lowest BCUT2D eigenvalue weighted by Crippen LogP contribution is -2.04. The van der Waals surface area contributed by atoms with Crippen molar-refractivity contribution >= 4 is 16.6 Å². The minimum absolute atomic E-state index is 0.0612. The topological polar surface area (TPSA) is 43.1 Å². The van der Waals surface area contributed by atoms with Gasteiger partial charge in [0.05, 0.1) is 0 Å². The molecule has 0 aliphatic rings. The molecule has 0 bridgehead atoms. The Morgan fingerprint density at radius 3 is 2.33 bits per heavy atom. The van der Waals surface area contributed by atoms with Crippen molar-refractivity contribution in [1.82, 2.24) is 0 Å². The summed E-state index contributed by atoms with van der Waals surface area (Å²) in [7, 11) is 0. The summed E-state index contributed by atoms with van der Waals surface area (Å²) in [5.41, 5.74) is 8.17. The SMILES string of the molecule is NCCc1ccc(C(=O)c2cccc3ccccc23)cc1. The first-order valence-corrected chi connectivity index (χ1v) is 7.11. The van der Waals surface area contributed by atoms with E-state index in [1.54, 1.807) is 0 Å². The van der Waals surface area contributed by atoms with Crippen molar-refractivity contribution in [2.75, 3.05) is 6.54 Å². The number of carbonyl (C=O) groups excluding carboxylic acids is 1. The molecule has 0 saturated carbocycles. The van der Waals surface area contributed by atoms with Crippen molar-refractivity contribution in [3.05, 3.63) is 83.4 Å². The van der Waals surface area contributed by atoms with E-state index in [0.717, 1.165) is 28.3 Å². The van der Waals surface area contributed by atoms with Gasteiger partial charge < -0.3 is 5.73 Å². The van der Waals surface area contributed by atoms with E-state index in [4.69, 9.17) is 5.73 Å². The molecule has 0 unspecified atom stereocenters. The number of hydrogen-bond donors (Lipinski definition) is 1. The Hall–Kier alpha value is -2.45. The predicted octanol–water partition coefficient (Wildman–Crippen LogP) is 3.57. The number of benzene rings is 3. The van der Waals surface area contributed by atoms with Crippen molar-refractivity contribution in [1.29, 1.82) is 0 Å². The Morgan fingerprint density at radius 2 is 1.57 bits per heavy atom. The van der Waals surface area contributed by atoms with Crippen LogP contribution in [0.5, 0.6) is 0 Å². The first kappa shape index (κ1) is 13.5. The summed E-state index contributed by atoms with van der Waals surface area (Å²) >= 11 is 0. The fourth-order valence-corrected chi connectivity index (χ4v) is 2.57. The van der Waals surface area contributed by atoms with Gasteiger partial charge in [-0.3, -0.25) is 4.79 Å². The summed E-state index contributed by atoms with van der Waals surface area (Å²) in [6.07, 6.45) is 0.836. The highest BCUT2D eigenvalue weighted by Crippen LogP contribution is 2.21. The van der Waals surface area contributed by atoms with E-state index in [1.807, 2.05) is 66.7 Å². The lowest BCUT2D eigenvalue weighted by Gasteiger charge is -2.07. The van der Waals surface area contributed by atoms with E-state index < -0.39 is 0 Å². The third-order valence-corrected chi connectivity index (χ3v) is 3.68. The van der Waals surface area contributed by atoms with Crippen molar-refractivity contribution in [3.63, 3.8) is 0 Å². The summed E-state index contributed by atoms with van der Waals surface area (Å²) in [5, 5.41) is 2.08. The zero-order chi connectivity index (χ0) is 14.7. The number of hydrogen-bond acceptors (Lipinski definition) is 2. The first-order valence-electron chi connectivity index (χ1n) is 7.11. The molecule has 0 spiro atoms. The molecule has 0 heterocycles. The van der Waals surface area contributed by atoms with E-state index in [2.05, 4.69) is 0 Å². The molecule has 104 valence electrons. The number of nitrogens with two attached hydrogens (primary N) is 1. The van der Waals surface area contributed by atoms with Crippen LogP contribution in [0, 0.1) is 0 Å². The molecule has 0 aliphatic heterocycles. The predicted molar refractivity (Wildman–Crippen MR) is 86.6 cm³/mol. The van der Waals surface area contributed by atoms with Crippen LogP contribution in [0.3, 0.4) is 0 Å². The fourth-order valence-electron chi connectivity index (χ4n) is 2.57. The maximum atomic E-state index is 12.7. The van der Waals surface area contributed by atoms with Crippen LogP contribution < -0.4 is 5.73 Å². The Morgan fingerprint density at radius 1 is 0.857 bits per heavy atom. The smallest absolute Gasteiger partial charge is 0.193 e. The lowest BCUT2D eigenvalue weighted by atomic mass is 9.96. The third-order valence-electron chi connectivity index (χ3n) is 3.68. The molecule has 3 aromatic carbocycles. The molecule has 0 saturated heterocycles. The van der Waals surface area contributed by atoms with Gasteiger partial charge in [0.25, 0.3) is 0 Å². The Kier molecular flexibility index (Phi) is 3.80. The molecule has 0 amide bonds. The van der Waals surface area contributed by atoms with Gasteiger partial charge in [-0.1, -0.05) is 66.7 Å². The summed E-state index contributed by atoms with van der Waals surface area (Å²) in [5.74, 6) is 0.0612. The first-order chi connectivity index (χ1) is 10.3. The number of carbonyl (C=O) groups is 1. The molecule has 0 aliphatic carbocycles. The minimum atomic E-state index is 0.0612. The van der Waals surface area contributed by atoms with Crippen molar-refractivity contribution < 1.29 is 4.79 Å². The zero-order valence-electron chi connectivity index (χ0n) is 11.8. The van der Waals surface area contributed by atoms with Gasteiger partial charge in [0, 0.05) is 11.1 Å².